The van der Waals surface area contributed by atoms with E-state index in [1.54, 1.807) is 0 Å². The van der Waals surface area contributed by atoms with Crippen molar-refractivity contribution in [2.24, 2.45) is 5.92 Å². The number of amides is 1. The van der Waals surface area contributed by atoms with Crippen molar-refractivity contribution in [1.82, 2.24) is 5.32 Å². The monoisotopic (exact) mass is 272 g/mol. The van der Waals surface area contributed by atoms with Crippen molar-refractivity contribution in [1.29, 1.82) is 0 Å². The molecule has 1 aliphatic heterocycles. The van der Waals surface area contributed by atoms with Crippen molar-refractivity contribution in [2.75, 3.05) is 18.4 Å². The Labute approximate surface area is 109 Å². The first-order chi connectivity index (χ1) is 8.97. The van der Waals surface area contributed by atoms with Crippen LogP contribution in [0.2, 0.25) is 0 Å². The Hall–Kier alpha value is -1.56. The second-order valence-electron chi connectivity index (χ2n) is 4.61. The zero-order valence-electron chi connectivity index (χ0n) is 10.3. The molecule has 1 aromatic carbocycles. The molecular formula is C13H15F3N2O. The minimum atomic E-state index is -4.35. The van der Waals surface area contributed by atoms with Crippen LogP contribution in [0.15, 0.2) is 24.3 Å². The molecule has 1 aliphatic rings. The highest BCUT2D eigenvalue weighted by Crippen LogP contribution is 2.29. The summed E-state index contributed by atoms with van der Waals surface area (Å²) in [5, 5.41) is 5.76. The molecule has 19 heavy (non-hydrogen) atoms. The maximum Gasteiger partial charge on any atom is 0.416 e. The predicted octanol–water partition coefficient (Wildman–Crippen LogP) is 2.64. The summed E-state index contributed by atoms with van der Waals surface area (Å²) in [6, 6.07) is 4.48. The molecule has 0 aliphatic carbocycles. The third kappa shape index (κ3) is 3.70. The van der Waals surface area contributed by atoms with Crippen LogP contribution in [0.25, 0.3) is 0 Å². The van der Waals surface area contributed by atoms with Gasteiger partial charge >= 0.3 is 6.18 Å². The Morgan fingerprint density at radius 2 is 1.95 bits per heavy atom. The van der Waals surface area contributed by atoms with E-state index in [0.717, 1.165) is 31.5 Å². The molecule has 0 saturated carbocycles. The lowest BCUT2D eigenvalue weighted by atomic mass is 9.99. The molecule has 104 valence electrons. The number of halogens is 3. The maximum absolute atomic E-state index is 12.4. The number of alkyl halides is 3. The van der Waals surface area contributed by atoms with Gasteiger partial charge in [0.25, 0.3) is 0 Å². The summed E-state index contributed by atoms with van der Waals surface area (Å²) >= 11 is 0. The van der Waals surface area contributed by atoms with Gasteiger partial charge in [0.15, 0.2) is 0 Å². The van der Waals surface area contributed by atoms with Gasteiger partial charge in [-0.05, 0) is 43.7 Å². The zero-order valence-corrected chi connectivity index (χ0v) is 10.3. The standard InChI is InChI=1S/C13H15F3N2O/c14-13(15,16)10-3-5-11(6-4-10)18-12(19)9-2-1-7-17-8-9/h3-6,9,17H,1-2,7-8H2,(H,18,19)/t9-/m0/s1. The highest BCUT2D eigenvalue weighted by Gasteiger charge is 2.30. The second kappa shape index (κ2) is 5.61. The van der Waals surface area contributed by atoms with Crippen LogP contribution in [0.3, 0.4) is 0 Å². The number of nitrogens with one attached hydrogen (secondary N) is 2. The van der Waals surface area contributed by atoms with Gasteiger partial charge in [0.1, 0.15) is 0 Å². The van der Waals surface area contributed by atoms with E-state index in [9.17, 15) is 18.0 Å². The van der Waals surface area contributed by atoms with E-state index >= 15 is 0 Å². The molecule has 0 aromatic heterocycles. The van der Waals surface area contributed by atoms with E-state index in [1.165, 1.54) is 12.1 Å². The average Bonchev–Trinajstić information content (AvgIpc) is 2.39. The number of carbonyl (C=O) groups is 1. The van der Waals surface area contributed by atoms with Crippen LogP contribution in [0.1, 0.15) is 18.4 Å². The molecular weight excluding hydrogens is 257 g/mol. The fourth-order valence-corrected chi connectivity index (χ4v) is 2.06. The summed E-state index contributed by atoms with van der Waals surface area (Å²) in [4.78, 5) is 11.9. The van der Waals surface area contributed by atoms with Crippen LogP contribution >= 0.6 is 0 Å². The maximum atomic E-state index is 12.4. The van der Waals surface area contributed by atoms with E-state index in [4.69, 9.17) is 0 Å². The number of piperidine rings is 1. The largest absolute Gasteiger partial charge is 0.416 e. The quantitative estimate of drug-likeness (QED) is 0.869. The fraction of sp³-hybridized carbons (Fsp3) is 0.462. The van der Waals surface area contributed by atoms with Crippen molar-refractivity contribution in [3.8, 4) is 0 Å². The highest BCUT2D eigenvalue weighted by atomic mass is 19.4. The summed E-state index contributed by atoms with van der Waals surface area (Å²) in [6.07, 6.45) is -2.61. The molecule has 0 bridgehead atoms. The Morgan fingerprint density at radius 1 is 1.26 bits per heavy atom. The van der Waals surface area contributed by atoms with Crippen molar-refractivity contribution in [2.45, 2.75) is 19.0 Å². The first kappa shape index (κ1) is 13.9. The summed E-state index contributed by atoms with van der Waals surface area (Å²) in [5.41, 5.74) is -0.326. The van der Waals surface area contributed by atoms with Gasteiger partial charge in [-0.25, -0.2) is 0 Å². The third-order valence-electron chi connectivity index (χ3n) is 3.15. The van der Waals surface area contributed by atoms with Crippen LogP contribution in [0.4, 0.5) is 18.9 Å². The Bertz CT molecular complexity index is 436. The van der Waals surface area contributed by atoms with E-state index in [-0.39, 0.29) is 11.8 Å². The van der Waals surface area contributed by atoms with Crippen LogP contribution in [0, 0.1) is 5.92 Å². The number of carbonyl (C=O) groups excluding carboxylic acids is 1. The van der Waals surface area contributed by atoms with Crippen LogP contribution < -0.4 is 10.6 Å². The van der Waals surface area contributed by atoms with Crippen LogP contribution in [0.5, 0.6) is 0 Å². The van der Waals surface area contributed by atoms with E-state index < -0.39 is 11.7 Å². The first-order valence-corrected chi connectivity index (χ1v) is 6.15. The van der Waals surface area contributed by atoms with E-state index in [0.29, 0.717) is 12.2 Å². The minimum Gasteiger partial charge on any atom is -0.326 e. The Balaban J connectivity index is 1.97. The summed E-state index contributed by atoms with van der Waals surface area (Å²) < 4.78 is 37.1. The van der Waals surface area contributed by atoms with E-state index in [2.05, 4.69) is 10.6 Å². The van der Waals surface area contributed by atoms with Gasteiger partial charge in [-0.3, -0.25) is 4.79 Å². The normalized spacial score (nSPS) is 20.1. The lowest BCUT2D eigenvalue weighted by Crippen LogP contribution is -2.37. The third-order valence-corrected chi connectivity index (χ3v) is 3.15. The van der Waals surface area contributed by atoms with Gasteiger partial charge in [0.05, 0.1) is 11.5 Å². The van der Waals surface area contributed by atoms with Gasteiger partial charge in [-0.2, -0.15) is 13.2 Å². The van der Waals surface area contributed by atoms with Gasteiger partial charge in [0, 0.05) is 12.2 Å². The molecule has 1 aromatic rings. The Morgan fingerprint density at radius 3 is 2.47 bits per heavy atom. The van der Waals surface area contributed by atoms with Crippen LogP contribution in [-0.2, 0) is 11.0 Å². The molecule has 2 N–H and O–H groups in total. The minimum absolute atomic E-state index is 0.115. The van der Waals surface area contributed by atoms with Crippen molar-refractivity contribution >= 4 is 11.6 Å². The molecule has 2 rings (SSSR count). The number of hydrogen-bond acceptors (Lipinski definition) is 2. The fourth-order valence-electron chi connectivity index (χ4n) is 2.06. The molecule has 0 unspecified atom stereocenters. The average molecular weight is 272 g/mol. The number of anilines is 1. The van der Waals surface area contributed by atoms with E-state index in [1.807, 2.05) is 0 Å². The topological polar surface area (TPSA) is 41.1 Å². The highest BCUT2D eigenvalue weighted by molar-refractivity contribution is 5.92. The molecule has 6 heteroatoms. The molecule has 1 atom stereocenters. The second-order valence-corrected chi connectivity index (χ2v) is 4.61. The summed E-state index contributed by atoms with van der Waals surface area (Å²) in [6.45, 7) is 1.52. The lowest BCUT2D eigenvalue weighted by molar-refractivity contribution is -0.137. The molecule has 1 fully saturated rings. The van der Waals surface area contributed by atoms with Crippen molar-refractivity contribution in [3.05, 3.63) is 29.8 Å². The smallest absolute Gasteiger partial charge is 0.326 e. The molecule has 0 radical (unpaired) electrons. The van der Waals surface area contributed by atoms with Crippen LogP contribution in [-0.4, -0.2) is 19.0 Å². The van der Waals surface area contributed by atoms with Crippen molar-refractivity contribution in [3.63, 3.8) is 0 Å². The first-order valence-electron chi connectivity index (χ1n) is 6.15. The zero-order chi connectivity index (χ0) is 13.9. The Kier molecular flexibility index (Phi) is 4.09. The van der Waals surface area contributed by atoms with Gasteiger partial charge in [0.2, 0.25) is 5.91 Å². The summed E-state index contributed by atoms with van der Waals surface area (Å²) in [7, 11) is 0. The number of hydrogen-bond donors (Lipinski definition) is 2. The number of rotatable bonds is 2. The molecule has 3 nitrogen and oxygen atoms in total. The molecule has 1 amide bonds. The van der Waals surface area contributed by atoms with Gasteiger partial charge < -0.3 is 10.6 Å². The predicted molar refractivity (Wildman–Crippen MR) is 65.7 cm³/mol. The SMILES string of the molecule is O=C(Nc1ccc(C(F)(F)F)cc1)[C@H]1CCCNC1. The number of benzene rings is 1. The van der Waals surface area contributed by atoms with Crippen molar-refractivity contribution < 1.29 is 18.0 Å². The summed E-state index contributed by atoms with van der Waals surface area (Å²) in [5.74, 6) is -0.261. The molecule has 0 spiro atoms. The van der Waals surface area contributed by atoms with Gasteiger partial charge in [-0.15, -0.1) is 0 Å². The van der Waals surface area contributed by atoms with Gasteiger partial charge in [-0.1, -0.05) is 0 Å². The molecule has 1 saturated heterocycles. The molecule has 1 heterocycles. The lowest BCUT2D eigenvalue weighted by Gasteiger charge is -2.21.